The molecule has 2 nitrogen and oxygen atoms in total. The monoisotopic (exact) mass is 274 g/mol. The Morgan fingerprint density at radius 2 is 1.89 bits per heavy atom. The molecule has 1 atom stereocenters. The van der Waals surface area contributed by atoms with Gasteiger partial charge in [-0.2, -0.15) is 0 Å². The summed E-state index contributed by atoms with van der Waals surface area (Å²) < 4.78 is 0. The minimum atomic E-state index is 0.125. The van der Waals surface area contributed by atoms with Gasteiger partial charge in [0.2, 0.25) is 0 Å². The molecule has 0 amide bonds. The lowest BCUT2D eigenvalue weighted by Gasteiger charge is -2.30. The van der Waals surface area contributed by atoms with Gasteiger partial charge in [0.1, 0.15) is 0 Å². The first-order chi connectivity index (χ1) is 9.11. The Hall–Kier alpha value is -1.51. The zero-order valence-electron chi connectivity index (χ0n) is 11.3. The van der Waals surface area contributed by atoms with Gasteiger partial charge in [0.25, 0.3) is 0 Å². The van der Waals surface area contributed by atoms with Crippen LogP contribution in [-0.2, 0) is 0 Å². The fourth-order valence-electron chi connectivity index (χ4n) is 2.26. The van der Waals surface area contributed by atoms with Crippen molar-refractivity contribution in [1.29, 1.82) is 0 Å². The highest BCUT2D eigenvalue weighted by Crippen LogP contribution is 2.26. The molecule has 0 aromatic heterocycles. The number of likely N-dealkylation sites (N-methyl/N-ethyl adjacent to an activating group) is 1. The van der Waals surface area contributed by atoms with E-state index >= 15 is 0 Å². The Bertz CT molecular complexity index is 554. The van der Waals surface area contributed by atoms with Crippen molar-refractivity contribution in [2.75, 3.05) is 18.5 Å². The van der Waals surface area contributed by atoms with Crippen LogP contribution in [0.4, 0.5) is 5.69 Å². The first-order valence-corrected chi connectivity index (χ1v) is 6.74. The van der Waals surface area contributed by atoms with Crippen molar-refractivity contribution in [3.8, 4) is 0 Å². The number of benzene rings is 2. The summed E-state index contributed by atoms with van der Waals surface area (Å²) in [6.07, 6.45) is 0. The standard InChI is InChI=1S/C16H19ClN2/c1-12-5-3-8-15(9-12)19(2)16(11-18)13-6-4-7-14(17)10-13/h3-10,16H,11,18H2,1-2H3. The highest BCUT2D eigenvalue weighted by atomic mass is 35.5. The van der Waals surface area contributed by atoms with Crippen molar-refractivity contribution in [3.63, 3.8) is 0 Å². The third-order valence-corrected chi connectivity index (χ3v) is 3.57. The molecule has 2 aromatic carbocycles. The van der Waals surface area contributed by atoms with E-state index in [4.69, 9.17) is 17.3 Å². The van der Waals surface area contributed by atoms with Crippen LogP contribution in [0.2, 0.25) is 5.02 Å². The summed E-state index contributed by atoms with van der Waals surface area (Å²) in [6.45, 7) is 2.64. The topological polar surface area (TPSA) is 29.3 Å². The van der Waals surface area contributed by atoms with E-state index in [0.717, 1.165) is 16.3 Å². The second-order valence-corrected chi connectivity index (χ2v) is 5.19. The highest BCUT2D eigenvalue weighted by molar-refractivity contribution is 6.30. The first-order valence-electron chi connectivity index (χ1n) is 6.37. The molecule has 2 rings (SSSR count). The van der Waals surface area contributed by atoms with Gasteiger partial charge < -0.3 is 10.6 Å². The van der Waals surface area contributed by atoms with Gasteiger partial charge in [-0.25, -0.2) is 0 Å². The van der Waals surface area contributed by atoms with Gasteiger partial charge >= 0.3 is 0 Å². The van der Waals surface area contributed by atoms with E-state index in [0.29, 0.717) is 6.54 Å². The van der Waals surface area contributed by atoms with Crippen LogP contribution in [0.25, 0.3) is 0 Å². The summed E-state index contributed by atoms with van der Waals surface area (Å²) in [7, 11) is 2.06. The van der Waals surface area contributed by atoms with Crippen LogP contribution in [-0.4, -0.2) is 13.6 Å². The van der Waals surface area contributed by atoms with Crippen molar-refractivity contribution in [1.82, 2.24) is 0 Å². The van der Waals surface area contributed by atoms with E-state index in [1.165, 1.54) is 5.56 Å². The summed E-state index contributed by atoms with van der Waals surface area (Å²) >= 11 is 6.06. The normalized spacial score (nSPS) is 12.2. The lowest BCUT2D eigenvalue weighted by atomic mass is 10.0. The predicted octanol–water partition coefficient (Wildman–Crippen LogP) is 3.78. The fraction of sp³-hybridized carbons (Fsp3) is 0.250. The van der Waals surface area contributed by atoms with Crippen molar-refractivity contribution >= 4 is 17.3 Å². The summed E-state index contributed by atoms with van der Waals surface area (Å²) in [5, 5.41) is 0.744. The third-order valence-electron chi connectivity index (χ3n) is 3.33. The molecular weight excluding hydrogens is 256 g/mol. The number of aryl methyl sites for hydroxylation is 1. The van der Waals surface area contributed by atoms with Gasteiger partial charge in [-0.15, -0.1) is 0 Å². The summed E-state index contributed by atoms with van der Waals surface area (Å²) in [4.78, 5) is 2.19. The van der Waals surface area contributed by atoms with Gasteiger partial charge in [-0.05, 0) is 42.3 Å². The lowest BCUT2D eigenvalue weighted by Crippen LogP contribution is -2.30. The van der Waals surface area contributed by atoms with Crippen molar-refractivity contribution < 1.29 is 0 Å². The molecule has 0 radical (unpaired) electrons. The number of halogens is 1. The molecule has 3 heteroatoms. The number of hydrogen-bond acceptors (Lipinski definition) is 2. The van der Waals surface area contributed by atoms with E-state index in [2.05, 4.69) is 49.2 Å². The number of hydrogen-bond donors (Lipinski definition) is 1. The highest BCUT2D eigenvalue weighted by Gasteiger charge is 2.16. The van der Waals surface area contributed by atoms with E-state index in [9.17, 15) is 0 Å². The Morgan fingerprint density at radius 3 is 2.53 bits per heavy atom. The smallest absolute Gasteiger partial charge is 0.0662 e. The van der Waals surface area contributed by atoms with Gasteiger partial charge in [0.05, 0.1) is 6.04 Å². The van der Waals surface area contributed by atoms with Crippen LogP contribution in [0.1, 0.15) is 17.2 Å². The molecule has 0 saturated carbocycles. The maximum absolute atomic E-state index is 6.06. The molecule has 0 aliphatic carbocycles. The average Bonchev–Trinajstić information content (AvgIpc) is 2.39. The Kier molecular flexibility index (Phi) is 4.46. The molecule has 0 aliphatic heterocycles. The maximum atomic E-state index is 6.06. The first kappa shape index (κ1) is 13.9. The number of rotatable bonds is 4. The lowest BCUT2D eigenvalue weighted by molar-refractivity contribution is 0.680. The molecular formula is C16H19ClN2. The Balaban J connectivity index is 2.31. The zero-order chi connectivity index (χ0) is 13.8. The van der Waals surface area contributed by atoms with E-state index in [1.54, 1.807) is 0 Å². The molecule has 0 fully saturated rings. The quantitative estimate of drug-likeness (QED) is 0.919. The van der Waals surface area contributed by atoms with Crippen LogP contribution in [0.5, 0.6) is 0 Å². The van der Waals surface area contributed by atoms with E-state index in [-0.39, 0.29) is 6.04 Å². The summed E-state index contributed by atoms with van der Waals surface area (Å²) in [5.41, 5.74) is 9.49. The molecule has 0 heterocycles. The van der Waals surface area contributed by atoms with Crippen LogP contribution < -0.4 is 10.6 Å². The zero-order valence-corrected chi connectivity index (χ0v) is 12.1. The van der Waals surface area contributed by atoms with Crippen LogP contribution >= 0.6 is 11.6 Å². The van der Waals surface area contributed by atoms with Crippen LogP contribution in [0.3, 0.4) is 0 Å². The Morgan fingerprint density at radius 1 is 1.16 bits per heavy atom. The van der Waals surface area contributed by atoms with Crippen LogP contribution in [0.15, 0.2) is 48.5 Å². The van der Waals surface area contributed by atoms with E-state index < -0.39 is 0 Å². The predicted molar refractivity (Wildman–Crippen MR) is 82.8 cm³/mol. The number of nitrogens with zero attached hydrogens (tertiary/aromatic N) is 1. The molecule has 2 N–H and O–H groups in total. The van der Waals surface area contributed by atoms with Gasteiger partial charge in [0, 0.05) is 24.3 Å². The average molecular weight is 275 g/mol. The van der Waals surface area contributed by atoms with Crippen LogP contribution in [0, 0.1) is 6.92 Å². The fourth-order valence-corrected chi connectivity index (χ4v) is 2.46. The summed E-state index contributed by atoms with van der Waals surface area (Å²) in [5.74, 6) is 0. The van der Waals surface area contributed by atoms with Crippen molar-refractivity contribution in [2.24, 2.45) is 5.73 Å². The third kappa shape index (κ3) is 3.28. The number of anilines is 1. The van der Waals surface area contributed by atoms with Gasteiger partial charge in [-0.1, -0.05) is 35.9 Å². The minimum absolute atomic E-state index is 0.125. The molecule has 100 valence electrons. The molecule has 2 aromatic rings. The summed E-state index contributed by atoms with van der Waals surface area (Å²) in [6, 6.07) is 16.4. The van der Waals surface area contributed by atoms with Gasteiger partial charge in [0.15, 0.2) is 0 Å². The minimum Gasteiger partial charge on any atom is -0.366 e. The molecule has 0 spiro atoms. The van der Waals surface area contributed by atoms with E-state index in [1.807, 2.05) is 18.2 Å². The molecule has 0 bridgehead atoms. The van der Waals surface area contributed by atoms with Crippen molar-refractivity contribution in [3.05, 3.63) is 64.7 Å². The number of nitrogens with two attached hydrogens (primary N) is 1. The molecule has 0 saturated heterocycles. The van der Waals surface area contributed by atoms with Crippen molar-refractivity contribution in [2.45, 2.75) is 13.0 Å². The Labute approximate surface area is 119 Å². The molecule has 19 heavy (non-hydrogen) atoms. The second-order valence-electron chi connectivity index (χ2n) is 4.76. The maximum Gasteiger partial charge on any atom is 0.0662 e. The molecule has 1 unspecified atom stereocenters. The van der Waals surface area contributed by atoms with Gasteiger partial charge in [-0.3, -0.25) is 0 Å². The SMILES string of the molecule is Cc1cccc(N(C)C(CN)c2cccc(Cl)c2)c1. The molecule has 0 aliphatic rings. The second kappa shape index (κ2) is 6.09. The largest absolute Gasteiger partial charge is 0.366 e.